The number of aliphatic hydroxyl groups is 2. The predicted octanol–water partition coefficient (Wildman–Crippen LogP) is 2.95. The fourth-order valence-electron chi connectivity index (χ4n) is 3.29. The number of nitrogens with zero attached hydrogens (tertiary/aromatic N) is 2. The average Bonchev–Trinajstić information content (AvgIpc) is 2.67. The number of para-hydroxylation sites is 1. The quantitative estimate of drug-likeness (QED) is 0.662. The number of ether oxygens (including phenoxy) is 1. The first kappa shape index (κ1) is 20.3. The maximum atomic E-state index is 12.9. The number of pyridine rings is 2. The van der Waals surface area contributed by atoms with Crippen LogP contribution in [0, 0.1) is 13.8 Å². The van der Waals surface area contributed by atoms with E-state index in [-0.39, 0.29) is 17.9 Å². The molecule has 0 aliphatic rings. The number of aromatic nitrogens is 2. The standard InChI is InChI=1S/C21H23ClN2O4/c1-4-14-9-23-21(28-11-15(26)10-25)18-17(27)8-13(3)24(20(14)18)19-12(2)6-5-7-16(19)22/h5-9,15,25-26H,4,10-11H2,1-3H3. The maximum absolute atomic E-state index is 12.9. The van der Waals surface area contributed by atoms with Gasteiger partial charge in [-0.15, -0.1) is 0 Å². The first-order valence-electron chi connectivity index (χ1n) is 9.10. The van der Waals surface area contributed by atoms with Crippen LogP contribution >= 0.6 is 11.6 Å². The highest BCUT2D eigenvalue weighted by Gasteiger charge is 2.20. The van der Waals surface area contributed by atoms with Crippen LogP contribution < -0.4 is 10.2 Å². The van der Waals surface area contributed by atoms with Gasteiger partial charge in [-0.1, -0.05) is 30.7 Å². The van der Waals surface area contributed by atoms with Crippen LogP contribution in [-0.4, -0.2) is 39.1 Å². The fourth-order valence-corrected chi connectivity index (χ4v) is 3.60. The molecule has 3 aromatic rings. The summed E-state index contributed by atoms with van der Waals surface area (Å²) >= 11 is 6.53. The van der Waals surface area contributed by atoms with Crippen molar-refractivity contribution >= 4 is 22.5 Å². The van der Waals surface area contributed by atoms with Crippen molar-refractivity contribution in [2.24, 2.45) is 0 Å². The Kier molecular flexibility index (Phi) is 6.03. The largest absolute Gasteiger partial charge is 0.474 e. The van der Waals surface area contributed by atoms with Crippen molar-refractivity contribution in [1.82, 2.24) is 9.55 Å². The van der Waals surface area contributed by atoms with Gasteiger partial charge < -0.3 is 19.5 Å². The summed E-state index contributed by atoms with van der Waals surface area (Å²) in [6.45, 7) is 5.21. The van der Waals surface area contributed by atoms with Gasteiger partial charge in [0.25, 0.3) is 0 Å². The van der Waals surface area contributed by atoms with Crippen molar-refractivity contribution in [3.63, 3.8) is 0 Å². The minimum Gasteiger partial charge on any atom is -0.474 e. The number of hydrogen-bond acceptors (Lipinski definition) is 5. The van der Waals surface area contributed by atoms with E-state index in [1.807, 2.05) is 43.5 Å². The van der Waals surface area contributed by atoms with Crippen molar-refractivity contribution in [3.05, 3.63) is 62.5 Å². The normalized spacial score (nSPS) is 12.4. The smallest absolute Gasteiger partial charge is 0.227 e. The molecule has 0 bridgehead atoms. The predicted molar refractivity (Wildman–Crippen MR) is 110 cm³/mol. The summed E-state index contributed by atoms with van der Waals surface area (Å²) in [4.78, 5) is 17.2. The zero-order valence-electron chi connectivity index (χ0n) is 16.1. The summed E-state index contributed by atoms with van der Waals surface area (Å²) in [5, 5.41) is 19.5. The van der Waals surface area contributed by atoms with Gasteiger partial charge in [-0.3, -0.25) is 4.79 Å². The Balaban J connectivity index is 2.38. The summed E-state index contributed by atoms with van der Waals surface area (Å²) in [6, 6.07) is 7.19. The number of rotatable bonds is 6. The lowest BCUT2D eigenvalue weighted by Crippen LogP contribution is -2.23. The lowest BCUT2D eigenvalue weighted by Gasteiger charge is -2.21. The van der Waals surface area contributed by atoms with Crippen LogP contribution in [0.15, 0.2) is 35.3 Å². The molecule has 3 rings (SSSR count). The first-order chi connectivity index (χ1) is 13.4. The molecule has 0 aliphatic carbocycles. The zero-order chi connectivity index (χ0) is 20.4. The minimum atomic E-state index is -1.05. The Morgan fingerprint density at radius 3 is 2.71 bits per heavy atom. The summed E-state index contributed by atoms with van der Waals surface area (Å²) in [7, 11) is 0. The van der Waals surface area contributed by atoms with Gasteiger partial charge in [0.1, 0.15) is 18.1 Å². The number of aryl methyl sites for hydroxylation is 3. The van der Waals surface area contributed by atoms with E-state index in [1.165, 1.54) is 6.07 Å². The van der Waals surface area contributed by atoms with E-state index in [4.69, 9.17) is 21.4 Å². The van der Waals surface area contributed by atoms with Crippen LogP contribution in [0.1, 0.15) is 23.7 Å². The molecule has 2 aromatic heterocycles. The van der Waals surface area contributed by atoms with Crippen molar-refractivity contribution in [2.75, 3.05) is 13.2 Å². The van der Waals surface area contributed by atoms with E-state index in [0.717, 1.165) is 22.5 Å². The van der Waals surface area contributed by atoms with Crippen LogP contribution in [0.25, 0.3) is 16.6 Å². The third kappa shape index (κ3) is 3.63. The second-order valence-corrected chi connectivity index (χ2v) is 7.11. The molecule has 2 N–H and O–H groups in total. The second kappa shape index (κ2) is 8.31. The van der Waals surface area contributed by atoms with E-state index in [0.29, 0.717) is 22.3 Å². The molecular weight excluding hydrogens is 380 g/mol. The van der Waals surface area contributed by atoms with Crippen LogP contribution in [0.4, 0.5) is 0 Å². The molecule has 0 amide bonds. The van der Waals surface area contributed by atoms with Gasteiger partial charge in [-0.25, -0.2) is 4.98 Å². The van der Waals surface area contributed by atoms with Crippen LogP contribution in [-0.2, 0) is 6.42 Å². The van der Waals surface area contributed by atoms with Crippen molar-refractivity contribution in [2.45, 2.75) is 33.3 Å². The zero-order valence-corrected chi connectivity index (χ0v) is 16.8. The monoisotopic (exact) mass is 402 g/mol. The fraction of sp³-hybridized carbons (Fsp3) is 0.333. The highest BCUT2D eigenvalue weighted by Crippen LogP contribution is 2.32. The lowest BCUT2D eigenvalue weighted by molar-refractivity contribution is 0.0526. The molecule has 0 spiro atoms. The molecule has 1 aromatic carbocycles. The van der Waals surface area contributed by atoms with Gasteiger partial charge >= 0.3 is 0 Å². The topological polar surface area (TPSA) is 84.6 Å². The van der Waals surface area contributed by atoms with Gasteiger partial charge in [-0.05, 0) is 37.5 Å². The van der Waals surface area contributed by atoms with Gasteiger partial charge in [0.15, 0.2) is 5.43 Å². The van der Waals surface area contributed by atoms with Crippen LogP contribution in [0.3, 0.4) is 0 Å². The maximum Gasteiger partial charge on any atom is 0.227 e. The first-order valence-corrected chi connectivity index (χ1v) is 9.48. The lowest BCUT2D eigenvalue weighted by atomic mass is 10.1. The molecule has 0 fully saturated rings. The molecule has 7 heteroatoms. The summed E-state index contributed by atoms with van der Waals surface area (Å²) in [5.41, 5.74) is 3.87. The van der Waals surface area contributed by atoms with E-state index >= 15 is 0 Å². The number of fused-ring (bicyclic) bond motifs is 1. The number of benzene rings is 1. The molecule has 1 atom stereocenters. The Morgan fingerprint density at radius 2 is 2.07 bits per heavy atom. The van der Waals surface area contributed by atoms with Gasteiger partial charge in [0.05, 0.1) is 22.8 Å². The number of halogens is 1. The molecule has 1 unspecified atom stereocenters. The van der Waals surface area contributed by atoms with Gasteiger partial charge in [0, 0.05) is 18.0 Å². The summed E-state index contributed by atoms with van der Waals surface area (Å²) < 4.78 is 7.54. The Bertz CT molecular complexity index is 1060. The Morgan fingerprint density at radius 1 is 1.32 bits per heavy atom. The number of hydrogen-bond donors (Lipinski definition) is 2. The molecule has 0 radical (unpaired) electrons. The molecule has 6 nitrogen and oxygen atoms in total. The number of aliphatic hydroxyl groups excluding tert-OH is 2. The molecule has 0 saturated carbocycles. The summed E-state index contributed by atoms with van der Waals surface area (Å²) in [5.74, 6) is 0.128. The molecule has 28 heavy (non-hydrogen) atoms. The van der Waals surface area contributed by atoms with E-state index < -0.39 is 12.7 Å². The molecule has 148 valence electrons. The second-order valence-electron chi connectivity index (χ2n) is 6.70. The third-order valence-electron chi connectivity index (χ3n) is 4.67. The molecule has 0 saturated heterocycles. The van der Waals surface area contributed by atoms with Gasteiger partial charge in [0.2, 0.25) is 5.88 Å². The molecule has 2 heterocycles. The van der Waals surface area contributed by atoms with Crippen molar-refractivity contribution in [1.29, 1.82) is 0 Å². The molecule has 0 aliphatic heterocycles. The van der Waals surface area contributed by atoms with E-state index in [2.05, 4.69) is 4.98 Å². The minimum absolute atomic E-state index is 0.128. The Labute approximate surface area is 168 Å². The molecular formula is C21H23ClN2O4. The van der Waals surface area contributed by atoms with E-state index in [9.17, 15) is 9.90 Å². The van der Waals surface area contributed by atoms with Crippen LogP contribution in [0.5, 0.6) is 5.88 Å². The van der Waals surface area contributed by atoms with Gasteiger partial charge in [-0.2, -0.15) is 0 Å². The third-order valence-corrected chi connectivity index (χ3v) is 4.98. The average molecular weight is 403 g/mol. The van der Waals surface area contributed by atoms with Crippen molar-refractivity contribution in [3.8, 4) is 11.6 Å². The highest BCUT2D eigenvalue weighted by atomic mass is 35.5. The SMILES string of the molecule is CCc1cnc(OCC(O)CO)c2c(=O)cc(C)n(-c3c(C)cccc3Cl)c12. The van der Waals surface area contributed by atoms with E-state index in [1.54, 1.807) is 6.20 Å². The summed E-state index contributed by atoms with van der Waals surface area (Å²) in [6.07, 6.45) is 1.28. The van der Waals surface area contributed by atoms with Crippen molar-refractivity contribution < 1.29 is 14.9 Å². The van der Waals surface area contributed by atoms with Crippen LogP contribution in [0.2, 0.25) is 5.02 Å². The highest BCUT2D eigenvalue weighted by molar-refractivity contribution is 6.32. The Hall–Kier alpha value is -2.41.